The van der Waals surface area contributed by atoms with Crippen LogP contribution in [0.15, 0.2) is 29.2 Å². The van der Waals surface area contributed by atoms with Gasteiger partial charge in [-0.3, -0.25) is 4.79 Å². The molecule has 0 atom stereocenters. The van der Waals surface area contributed by atoms with Crippen LogP contribution in [0.3, 0.4) is 0 Å². The lowest BCUT2D eigenvalue weighted by Crippen LogP contribution is -2.42. The summed E-state index contributed by atoms with van der Waals surface area (Å²) in [6.07, 6.45) is 1.04. The molecule has 2 fully saturated rings. The number of sulfonamides is 1. The standard InChI is InChI=1S/C14H18N2O4S/c17-14(15-6-1-7-15)12-2-4-13(5-3-12)21(18,19)16-8-10-20-11-9-16/h2-5H,1,6-11H2. The first-order chi connectivity index (χ1) is 10.1. The SMILES string of the molecule is O=C(c1ccc(S(=O)(=O)N2CCOCC2)cc1)N1CCC1. The second kappa shape index (κ2) is 5.75. The molecule has 3 rings (SSSR count). The summed E-state index contributed by atoms with van der Waals surface area (Å²) < 4.78 is 31.5. The third kappa shape index (κ3) is 2.81. The molecule has 1 amide bonds. The highest BCUT2D eigenvalue weighted by Crippen LogP contribution is 2.19. The van der Waals surface area contributed by atoms with Crippen molar-refractivity contribution in [3.8, 4) is 0 Å². The van der Waals surface area contributed by atoms with Crippen molar-refractivity contribution in [1.82, 2.24) is 9.21 Å². The monoisotopic (exact) mass is 310 g/mol. The molecule has 0 unspecified atom stereocenters. The largest absolute Gasteiger partial charge is 0.379 e. The quantitative estimate of drug-likeness (QED) is 0.818. The molecule has 21 heavy (non-hydrogen) atoms. The summed E-state index contributed by atoms with van der Waals surface area (Å²) in [6, 6.07) is 6.21. The summed E-state index contributed by atoms with van der Waals surface area (Å²) in [6.45, 7) is 3.16. The molecule has 0 radical (unpaired) electrons. The maximum atomic E-state index is 12.4. The summed E-state index contributed by atoms with van der Waals surface area (Å²) in [4.78, 5) is 14.0. The van der Waals surface area contributed by atoms with E-state index in [-0.39, 0.29) is 10.8 Å². The predicted molar refractivity (Wildman–Crippen MR) is 76.5 cm³/mol. The van der Waals surface area contributed by atoms with Gasteiger partial charge in [-0.15, -0.1) is 0 Å². The van der Waals surface area contributed by atoms with Crippen molar-refractivity contribution < 1.29 is 17.9 Å². The van der Waals surface area contributed by atoms with E-state index in [2.05, 4.69) is 0 Å². The lowest BCUT2D eigenvalue weighted by atomic mass is 10.1. The zero-order valence-corrected chi connectivity index (χ0v) is 12.5. The van der Waals surface area contributed by atoms with Crippen molar-refractivity contribution in [3.63, 3.8) is 0 Å². The molecule has 0 aliphatic carbocycles. The second-order valence-corrected chi connectivity index (χ2v) is 7.12. The Morgan fingerprint density at radius 2 is 1.62 bits per heavy atom. The average Bonchev–Trinajstić information content (AvgIpc) is 2.46. The maximum absolute atomic E-state index is 12.4. The molecule has 0 aromatic heterocycles. The highest BCUT2D eigenvalue weighted by atomic mass is 32.2. The van der Waals surface area contributed by atoms with Gasteiger partial charge in [0.25, 0.3) is 5.91 Å². The van der Waals surface area contributed by atoms with Crippen LogP contribution in [0.25, 0.3) is 0 Å². The highest BCUT2D eigenvalue weighted by molar-refractivity contribution is 7.89. The van der Waals surface area contributed by atoms with E-state index in [4.69, 9.17) is 4.74 Å². The van der Waals surface area contributed by atoms with Crippen molar-refractivity contribution in [3.05, 3.63) is 29.8 Å². The van der Waals surface area contributed by atoms with Crippen LogP contribution >= 0.6 is 0 Å². The first-order valence-electron chi connectivity index (χ1n) is 7.06. The van der Waals surface area contributed by atoms with E-state index in [0.717, 1.165) is 19.5 Å². The van der Waals surface area contributed by atoms with Gasteiger partial charge in [-0.1, -0.05) is 0 Å². The Balaban J connectivity index is 1.78. The molecule has 0 N–H and O–H groups in total. The number of amides is 1. The van der Waals surface area contributed by atoms with Gasteiger partial charge in [0.05, 0.1) is 18.1 Å². The Labute approximate surface area is 124 Å². The van der Waals surface area contributed by atoms with Crippen molar-refractivity contribution in [2.45, 2.75) is 11.3 Å². The van der Waals surface area contributed by atoms with Gasteiger partial charge in [0.1, 0.15) is 0 Å². The molecule has 2 aliphatic heterocycles. The number of carbonyl (C=O) groups excluding carboxylic acids is 1. The molecule has 2 heterocycles. The maximum Gasteiger partial charge on any atom is 0.253 e. The van der Waals surface area contributed by atoms with Crippen molar-refractivity contribution >= 4 is 15.9 Å². The van der Waals surface area contributed by atoms with Gasteiger partial charge < -0.3 is 9.64 Å². The normalized spacial score (nSPS) is 20.1. The molecule has 1 aromatic rings. The molecule has 2 aliphatic rings. The number of hydrogen-bond donors (Lipinski definition) is 0. The first-order valence-corrected chi connectivity index (χ1v) is 8.50. The van der Waals surface area contributed by atoms with Crippen LogP contribution in [-0.4, -0.2) is 62.9 Å². The third-order valence-electron chi connectivity index (χ3n) is 3.85. The van der Waals surface area contributed by atoms with E-state index in [1.807, 2.05) is 0 Å². The van der Waals surface area contributed by atoms with Crippen LogP contribution in [0, 0.1) is 0 Å². The number of benzene rings is 1. The number of rotatable bonds is 3. The van der Waals surface area contributed by atoms with Gasteiger partial charge in [0.2, 0.25) is 10.0 Å². The zero-order valence-electron chi connectivity index (χ0n) is 11.7. The van der Waals surface area contributed by atoms with Crippen LogP contribution in [0.5, 0.6) is 0 Å². The van der Waals surface area contributed by atoms with E-state index in [1.54, 1.807) is 17.0 Å². The first kappa shape index (κ1) is 14.5. The zero-order chi connectivity index (χ0) is 14.9. The van der Waals surface area contributed by atoms with Crippen LogP contribution in [0.4, 0.5) is 0 Å². The summed E-state index contributed by atoms with van der Waals surface area (Å²) in [5.41, 5.74) is 0.538. The number of carbonyl (C=O) groups is 1. The minimum absolute atomic E-state index is 0.0310. The summed E-state index contributed by atoms with van der Waals surface area (Å²) >= 11 is 0. The molecule has 114 valence electrons. The molecule has 6 nitrogen and oxygen atoms in total. The summed E-state index contributed by atoms with van der Waals surface area (Å²) in [7, 11) is -3.49. The fourth-order valence-electron chi connectivity index (χ4n) is 2.41. The van der Waals surface area contributed by atoms with Gasteiger partial charge in [-0.05, 0) is 30.7 Å². The highest BCUT2D eigenvalue weighted by Gasteiger charge is 2.27. The van der Waals surface area contributed by atoms with E-state index < -0.39 is 10.0 Å². The Bertz CT molecular complexity index is 617. The topological polar surface area (TPSA) is 66.9 Å². The number of likely N-dealkylation sites (tertiary alicyclic amines) is 1. The Kier molecular flexibility index (Phi) is 3.97. The fraction of sp³-hybridized carbons (Fsp3) is 0.500. The van der Waals surface area contributed by atoms with E-state index in [9.17, 15) is 13.2 Å². The average molecular weight is 310 g/mol. The second-order valence-electron chi connectivity index (χ2n) is 5.19. The third-order valence-corrected chi connectivity index (χ3v) is 5.77. The van der Waals surface area contributed by atoms with Crippen molar-refractivity contribution in [1.29, 1.82) is 0 Å². The Morgan fingerprint density at radius 1 is 1.00 bits per heavy atom. The van der Waals surface area contributed by atoms with E-state index in [0.29, 0.717) is 31.9 Å². The Hall–Kier alpha value is -1.44. The molecule has 0 saturated carbocycles. The van der Waals surface area contributed by atoms with Crippen molar-refractivity contribution in [2.24, 2.45) is 0 Å². The molecule has 1 aromatic carbocycles. The molecule has 0 bridgehead atoms. The van der Waals surface area contributed by atoms with Crippen LogP contribution in [-0.2, 0) is 14.8 Å². The van der Waals surface area contributed by atoms with Crippen LogP contribution in [0.1, 0.15) is 16.8 Å². The summed E-state index contributed by atoms with van der Waals surface area (Å²) in [5.74, 6) is -0.0310. The molecule has 2 saturated heterocycles. The smallest absolute Gasteiger partial charge is 0.253 e. The number of nitrogens with zero attached hydrogens (tertiary/aromatic N) is 2. The lowest BCUT2D eigenvalue weighted by Gasteiger charge is -2.31. The van der Waals surface area contributed by atoms with Gasteiger partial charge in [-0.2, -0.15) is 4.31 Å². The predicted octanol–water partition coefficient (Wildman–Crippen LogP) is 0.553. The molecule has 0 spiro atoms. The number of morpholine rings is 1. The number of hydrogen-bond acceptors (Lipinski definition) is 4. The number of ether oxygens (including phenoxy) is 1. The fourth-order valence-corrected chi connectivity index (χ4v) is 3.82. The minimum Gasteiger partial charge on any atom is -0.379 e. The van der Waals surface area contributed by atoms with Crippen molar-refractivity contribution in [2.75, 3.05) is 39.4 Å². The minimum atomic E-state index is -3.49. The van der Waals surface area contributed by atoms with Crippen LogP contribution < -0.4 is 0 Å². The molecule has 7 heteroatoms. The van der Waals surface area contributed by atoms with Crippen LogP contribution in [0.2, 0.25) is 0 Å². The van der Waals surface area contributed by atoms with Gasteiger partial charge in [-0.25, -0.2) is 8.42 Å². The Morgan fingerprint density at radius 3 is 2.14 bits per heavy atom. The van der Waals surface area contributed by atoms with Gasteiger partial charge in [0.15, 0.2) is 0 Å². The molecular formula is C14H18N2O4S. The molecular weight excluding hydrogens is 292 g/mol. The van der Waals surface area contributed by atoms with E-state index >= 15 is 0 Å². The lowest BCUT2D eigenvalue weighted by molar-refractivity contribution is 0.0651. The van der Waals surface area contributed by atoms with E-state index in [1.165, 1.54) is 16.4 Å². The summed E-state index contributed by atoms with van der Waals surface area (Å²) in [5, 5.41) is 0. The van der Waals surface area contributed by atoms with Gasteiger partial charge in [0, 0.05) is 31.7 Å². The van der Waals surface area contributed by atoms with Gasteiger partial charge >= 0.3 is 0 Å².